The van der Waals surface area contributed by atoms with Crippen molar-refractivity contribution in [3.05, 3.63) is 59.7 Å². The number of nitrogens with zero attached hydrogens (tertiary/aromatic N) is 2. The Morgan fingerprint density at radius 2 is 1.21 bits per heavy atom. The first-order valence-electron chi connectivity index (χ1n) is 8.28. The first-order valence-corrected chi connectivity index (χ1v) is 8.28. The molecule has 154 valence electrons. The molecule has 3 rings (SSSR count). The lowest BCUT2D eigenvalue weighted by atomic mass is 10.0. The maximum absolute atomic E-state index is 13.0. The normalized spacial score (nSPS) is 17.2. The van der Waals surface area contributed by atoms with Crippen LogP contribution in [0.1, 0.15) is 25.0 Å². The van der Waals surface area contributed by atoms with Crippen molar-refractivity contribution in [2.24, 2.45) is 0 Å². The Hall–Kier alpha value is -3.04. The molecular weight excluding hydrogens is 402 g/mol. The largest absolute Gasteiger partial charge is 0.416 e. The molecule has 1 saturated heterocycles. The standard InChI is InChI=1S/C19H14F6N2O2/c1-17(2)15(28)26(13-7-3-5-11(9-13)18(20,21)22)16(29)27(17)14-8-4-6-12(10-14)19(23,24)25/h3-10H,1-2H3. The van der Waals surface area contributed by atoms with E-state index in [9.17, 15) is 35.9 Å². The summed E-state index contributed by atoms with van der Waals surface area (Å²) in [5, 5.41) is 0. The maximum atomic E-state index is 13.0. The third-order valence-electron chi connectivity index (χ3n) is 4.53. The van der Waals surface area contributed by atoms with Gasteiger partial charge in [0.05, 0.1) is 16.8 Å². The summed E-state index contributed by atoms with van der Waals surface area (Å²) in [6.07, 6.45) is -9.37. The lowest BCUT2D eigenvalue weighted by Gasteiger charge is -2.28. The predicted octanol–water partition coefficient (Wildman–Crippen LogP) is 5.48. The van der Waals surface area contributed by atoms with Crippen LogP contribution in [-0.4, -0.2) is 17.5 Å². The number of carbonyl (C=O) groups excluding carboxylic acids is 2. The van der Waals surface area contributed by atoms with Gasteiger partial charge >= 0.3 is 18.4 Å². The molecular formula is C19H14F6N2O2. The average molecular weight is 416 g/mol. The number of imide groups is 1. The van der Waals surface area contributed by atoms with Gasteiger partial charge in [-0.1, -0.05) is 12.1 Å². The van der Waals surface area contributed by atoms with Gasteiger partial charge in [-0.15, -0.1) is 0 Å². The topological polar surface area (TPSA) is 40.6 Å². The van der Waals surface area contributed by atoms with Gasteiger partial charge < -0.3 is 0 Å². The van der Waals surface area contributed by atoms with Crippen LogP contribution in [0.4, 0.5) is 42.5 Å². The van der Waals surface area contributed by atoms with Crippen LogP contribution in [0.15, 0.2) is 48.5 Å². The number of urea groups is 1. The molecule has 0 unspecified atom stereocenters. The van der Waals surface area contributed by atoms with E-state index in [1.165, 1.54) is 19.9 Å². The molecule has 0 spiro atoms. The third-order valence-corrected chi connectivity index (χ3v) is 4.53. The van der Waals surface area contributed by atoms with E-state index in [2.05, 4.69) is 0 Å². The number of rotatable bonds is 2. The predicted molar refractivity (Wildman–Crippen MR) is 92.3 cm³/mol. The van der Waals surface area contributed by atoms with Gasteiger partial charge in [-0.25, -0.2) is 9.69 Å². The van der Waals surface area contributed by atoms with Crippen molar-refractivity contribution in [2.45, 2.75) is 31.7 Å². The van der Waals surface area contributed by atoms with Crippen LogP contribution in [0, 0.1) is 0 Å². The molecule has 3 amide bonds. The van der Waals surface area contributed by atoms with Crippen LogP contribution in [0.3, 0.4) is 0 Å². The molecule has 1 aliphatic rings. The van der Waals surface area contributed by atoms with E-state index in [1.807, 2.05) is 0 Å². The first kappa shape index (κ1) is 20.7. The van der Waals surface area contributed by atoms with Gasteiger partial charge in [0.15, 0.2) is 0 Å². The fourth-order valence-corrected chi connectivity index (χ4v) is 3.10. The van der Waals surface area contributed by atoms with Crippen LogP contribution in [-0.2, 0) is 17.1 Å². The summed E-state index contributed by atoms with van der Waals surface area (Å²) in [4.78, 5) is 27.1. The van der Waals surface area contributed by atoms with Gasteiger partial charge in [0.25, 0.3) is 5.91 Å². The molecule has 0 aromatic heterocycles. The van der Waals surface area contributed by atoms with Crippen molar-refractivity contribution in [1.29, 1.82) is 0 Å². The van der Waals surface area contributed by atoms with E-state index in [0.29, 0.717) is 17.0 Å². The van der Waals surface area contributed by atoms with Crippen molar-refractivity contribution in [1.82, 2.24) is 0 Å². The van der Waals surface area contributed by atoms with E-state index in [-0.39, 0.29) is 11.4 Å². The summed E-state index contributed by atoms with van der Waals surface area (Å²) in [5.74, 6) is -0.862. The molecule has 1 heterocycles. The van der Waals surface area contributed by atoms with Crippen molar-refractivity contribution < 1.29 is 35.9 Å². The van der Waals surface area contributed by atoms with E-state index < -0.39 is 41.0 Å². The van der Waals surface area contributed by atoms with Crippen molar-refractivity contribution >= 4 is 23.3 Å². The molecule has 0 radical (unpaired) electrons. The zero-order valence-electron chi connectivity index (χ0n) is 15.1. The number of halogens is 6. The summed E-state index contributed by atoms with van der Waals surface area (Å²) in [7, 11) is 0. The van der Waals surface area contributed by atoms with Crippen LogP contribution >= 0.6 is 0 Å². The van der Waals surface area contributed by atoms with Crippen LogP contribution in [0.2, 0.25) is 0 Å². The lowest BCUT2D eigenvalue weighted by molar-refractivity contribution is -0.138. The molecule has 0 aliphatic carbocycles. The highest BCUT2D eigenvalue weighted by molar-refractivity contribution is 6.30. The van der Waals surface area contributed by atoms with Gasteiger partial charge in [0.2, 0.25) is 0 Å². The quantitative estimate of drug-likeness (QED) is 0.481. The second-order valence-electron chi connectivity index (χ2n) is 6.91. The Morgan fingerprint density at radius 1 is 0.759 bits per heavy atom. The molecule has 2 aromatic carbocycles. The van der Waals surface area contributed by atoms with E-state index in [1.54, 1.807) is 0 Å². The molecule has 10 heteroatoms. The second kappa shape index (κ2) is 6.50. The molecule has 1 aliphatic heterocycles. The van der Waals surface area contributed by atoms with Gasteiger partial charge in [0.1, 0.15) is 5.54 Å². The number of carbonyl (C=O) groups is 2. The highest BCUT2D eigenvalue weighted by Crippen LogP contribution is 2.40. The Balaban J connectivity index is 2.08. The molecule has 29 heavy (non-hydrogen) atoms. The Labute approximate surface area is 161 Å². The number of benzene rings is 2. The Kier molecular flexibility index (Phi) is 4.64. The van der Waals surface area contributed by atoms with Crippen molar-refractivity contribution in [2.75, 3.05) is 9.80 Å². The minimum Gasteiger partial charge on any atom is -0.279 e. The summed E-state index contributed by atoms with van der Waals surface area (Å²) < 4.78 is 78.1. The third kappa shape index (κ3) is 3.54. The Bertz CT molecular complexity index is 981. The fraction of sp³-hybridized carbons (Fsp3) is 0.263. The van der Waals surface area contributed by atoms with Gasteiger partial charge in [-0.3, -0.25) is 9.69 Å². The maximum Gasteiger partial charge on any atom is 0.416 e. The number of amides is 3. The summed E-state index contributed by atoms with van der Waals surface area (Å²) in [5.41, 5.74) is -4.22. The number of hydrogen-bond donors (Lipinski definition) is 0. The van der Waals surface area contributed by atoms with Crippen LogP contribution in [0.5, 0.6) is 0 Å². The molecule has 0 bridgehead atoms. The van der Waals surface area contributed by atoms with Gasteiger partial charge in [-0.2, -0.15) is 26.3 Å². The SMILES string of the molecule is CC1(C)C(=O)N(c2cccc(C(F)(F)F)c2)C(=O)N1c1cccc(C(F)(F)F)c1. The molecule has 4 nitrogen and oxygen atoms in total. The zero-order chi connectivity index (χ0) is 21.8. The summed E-state index contributed by atoms with van der Waals surface area (Å²) in [6.45, 7) is 2.61. The molecule has 1 fully saturated rings. The monoisotopic (exact) mass is 416 g/mol. The zero-order valence-corrected chi connectivity index (χ0v) is 15.1. The van der Waals surface area contributed by atoms with Crippen LogP contribution < -0.4 is 9.80 Å². The average Bonchev–Trinajstić information content (AvgIpc) is 2.78. The smallest absolute Gasteiger partial charge is 0.279 e. The Morgan fingerprint density at radius 3 is 1.69 bits per heavy atom. The van der Waals surface area contributed by atoms with Gasteiger partial charge in [0, 0.05) is 5.69 Å². The minimum absolute atomic E-state index is 0.197. The second-order valence-corrected chi connectivity index (χ2v) is 6.91. The van der Waals surface area contributed by atoms with Gasteiger partial charge in [-0.05, 0) is 50.2 Å². The highest BCUT2D eigenvalue weighted by atomic mass is 19.4. The van der Waals surface area contributed by atoms with Crippen molar-refractivity contribution in [3.8, 4) is 0 Å². The van der Waals surface area contributed by atoms with Crippen molar-refractivity contribution in [3.63, 3.8) is 0 Å². The van der Waals surface area contributed by atoms with E-state index in [0.717, 1.165) is 35.2 Å². The number of alkyl halides is 6. The lowest BCUT2D eigenvalue weighted by Crippen LogP contribution is -2.44. The van der Waals surface area contributed by atoms with Crippen LogP contribution in [0.25, 0.3) is 0 Å². The molecule has 2 aromatic rings. The number of anilines is 2. The summed E-state index contributed by atoms with van der Waals surface area (Å²) >= 11 is 0. The minimum atomic E-state index is -4.70. The summed E-state index contributed by atoms with van der Waals surface area (Å²) in [6, 6.07) is 6.39. The molecule has 0 saturated carbocycles. The number of hydrogen-bond acceptors (Lipinski definition) is 2. The van der Waals surface area contributed by atoms with E-state index >= 15 is 0 Å². The highest BCUT2D eigenvalue weighted by Gasteiger charge is 2.53. The van der Waals surface area contributed by atoms with E-state index in [4.69, 9.17) is 0 Å². The molecule has 0 atom stereocenters. The first-order chi connectivity index (χ1) is 13.2. The molecule has 0 N–H and O–H groups in total. The fourth-order valence-electron chi connectivity index (χ4n) is 3.10.